The van der Waals surface area contributed by atoms with Crippen molar-refractivity contribution in [1.82, 2.24) is 10.2 Å². The van der Waals surface area contributed by atoms with E-state index in [9.17, 15) is 4.79 Å². The van der Waals surface area contributed by atoms with Crippen LogP contribution >= 0.6 is 0 Å². The zero-order valence-electron chi connectivity index (χ0n) is 12.0. The summed E-state index contributed by atoms with van der Waals surface area (Å²) in [6.45, 7) is 4.88. The Labute approximate surface area is 110 Å². The quantitative estimate of drug-likeness (QED) is 0.482. The van der Waals surface area contributed by atoms with Crippen molar-refractivity contribution in [3.05, 3.63) is 0 Å². The molecule has 0 aromatic rings. The summed E-state index contributed by atoms with van der Waals surface area (Å²) >= 11 is 0. The Kier molecular flexibility index (Phi) is 6.05. The van der Waals surface area contributed by atoms with Crippen LogP contribution in [-0.4, -0.2) is 63.9 Å². The SMILES string of the molecule is CCOCCN(C)CC(NC)(C(=O)OC)C1CC1. The van der Waals surface area contributed by atoms with Gasteiger partial charge >= 0.3 is 5.97 Å². The lowest BCUT2D eigenvalue weighted by Crippen LogP contribution is -2.59. The Morgan fingerprint density at radius 3 is 2.61 bits per heavy atom. The molecule has 1 atom stereocenters. The van der Waals surface area contributed by atoms with Crippen LogP contribution in [0.1, 0.15) is 19.8 Å². The maximum Gasteiger partial charge on any atom is 0.327 e. The fourth-order valence-electron chi connectivity index (χ4n) is 2.37. The highest BCUT2D eigenvalue weighted by molar-refractivity contribution is 5.82. The predicted octanol–water partition coefficient (Wildman–Crippen LogP) is 0.496. The van der Waals surface area contributed by atoms with Crippen LogP contribution in [0.2, 0.25) is 0 Å². The molecule has 1 aliphatic rings. The molecule has 1 aliphatic carbocycles. The monoisotopic (exact) mass is 258 g/mol. The summed E-state index contributed by atoms with van der Waals surface area (Å²) < 4.78 is 10.3. The number of nitrogens with one attached hydrogen (secondary N) is 1. The molecule has 0 aromatic carbocycles. The van der Waals surface area contributed by atoms with Crippen molar-refractivity contribution in [3.63, 3.8) is 0 Å². The van der Waals surface area contributed by atoms with Gasteiger partial charge in [-0.2, -0.15) is 0 Å². The third kappa shape index (κ3) is 3.67. The normalized spacial score (nSPS) is 18.7. The van der Waals surface area contributed by atoms with E-state index in [1.54, 1.807) is 0 Å². The van der Waals surface area contributed by atoms with Crippen molar-refractivity contribution in [2.45, 2.75) is 25.3 Å². The molecule has 18 heavy (non-hydrogen) atoms. The average Bonchev–Trinajstić information content (AvgIpc) is 3.20. The standard InChI is InChI=1S/C13H26N2O3/c1-5-18-9-8-15(3)10-13(14-2,11-6-7-11)12(16)17-4/h11,14H,5-10H2,1-4H3. The van der Waals surface area contributed by atoms with Gasteiger partial charge in [0.1, 0.15) is 5.54 Å². The molecular formula is C13H26N2O3. The molecule has 0 aromatic heterocycles. The van der Waals surface area contributed by atoms with E-state index in [0.717, 1.165) is 26.0 Å². The first-order valence-electron chi connectivity index (χ1n) is 6.64. The number of hydrogen-bond donors (Lipinski definition) is 1. The van der Waals surface area contributed by atoms with Crippen molar-refractivity contribution < 1.29 is 14.3 Å². The zero-order valence-corrected chi connectivity index (χ0v) is 12.0. The average molecular weight is 258 g/mol. The Morgan fingerprint density at radius 1 is 1.50 bits per heavy atom. The third-order valence-electron chi connectivity index (χ3n) is 3.61. The van der Waals surface area contributed by atoms with E-state index in [2.05, 4.69) is 10.2 Å². The number of hydrogen-bond acceptors (Lipinski definition) is 5. The molecule has 106 valence electrons. The van der Waals surface area contributed by atoms with Crippen LogP contribution in [-0.2, 0) is 14.3 Å². The molecule has 1 saturated carbocycles. The highest BCUT2D eigenvalue weighted by Crippen LogP contribution is 2.40. The lowest BCUT2D eigenvalue weighted by molar-refractivity contribution is -0.150. The molecule has 0 radical (unpaired) electrons. The molecule has 1 unspecified atom stereocenters. The molecule has 0 amide bonds. The van der Waals surface area contributed by atoms with Crippen LogP contribution in [0.25, 0.3) is 0 Å². The van der Waals surface area contributed by atoms with Crippen molar-refractivity contribution in [2.24, 2.45) is 5.92 Å². The van der Waals surface area contributed by atoms with Gasteiger partial charge in [0.05, 0.1) is 13.7 Å². The summed E-state index contributed by atoms with van der Waals surface area (Å²) in [5.74, 6) is 0.236. The predicted molar refractivity (Wildman–Crippen MR) is 70.5 cm³/mol. The number of carbonyl (C=O) groups is 1. The lowest BCUT2D eigenvalue weighted by atomic mass is 9.92. The molecule has 1 N–H and O–H groups in total. The first-order valence-corrected chi connectivity index (χ1v) is 6.64. The molecule has 5 nitrogen and oxygen atoms in total. The summed E-state index contributed by atoms with van der Waals surface area (Å²) in [5.41, 5.74) is -0.560. The van der Waals surface area contributed by atoms with Gasteiger partial charge in [0.25, 0.3) is 0 Å². The van der Waals surface area contributed by atoms with Gasteiger partial charge < -0.3 is 19.7 Å². The lowest BCUT2D eigenvalue weighted by Gasteiger charge is -2.34. The Balaban J connectivity index is 2.57. The van der Waals surface area contributed by atoms with Crippen molar-refractivity contribution in [2.75, 3.05) is 47.5 Å². The zero-order chi connectivity index (χ0) is 13.6. The van der Waals surface area contributed by atoms with E-state index in [4.69, 9.17) is 9.47 Å². The van der Waals surface area contributed by atoms with Crippen LogP contribution in [0.3, 0.4) is 0 Å². The number of methoxy groups -OCH3 is 1. The summed E-state index contributed by atoms with van der Waals surface area (Å²) in [7, 11) is 5.30. The molecule has 0 aliphatic heterocycles. The smallest absolute Gasteiger partial charge is 0.327 e. The van der Waals surface area contributed by atoms with Crippen LogP contribution in [0.5, 0.6) is 0 Å². The van der Waals surface area contributed by atoms with Crippen LogP contribution in [0.4, 0.5) is 0 Å². The number of nitrogens with zero attached hydrogens (tertiary/aromatic N) is 1. The summed E-state index contributed by atoms with van der Waals surface area (Å²) in [4.78, 5) is 14.2. The number of ether oxygens (including phenoxy) is 2. The first-order chi connectivity index (χ1) is 8.60. The summed E-state index contributed by atoms with van der Waals surface area (Å²) in [6.07, 6.45) is 2.18. The van der Waals surface area contributed by atoms with Crippen LogP contribution < -0.4 is 5.32 Å². The van der Waals surface area contributed by atoms with Gasteiger partial charge in [-0.25, -0.2) is 4.79 Å². The Morgan fingerprint density at radius 2 is 2.17 bits per heavy atom. The van der Waals surface area contributed by atoms with Gasteiger partial charge in [-0.15, -0.1) is 0 Å². The number of rotatable bonds is 9. The molecule has 0 bridgehead atoms. The largest absolute Gasteiger partial charge is 0.468 e. The van der Waals surface area contributed by atoms with E-state index in [1.165, 1.54) is 7.11 Å². The fourth-order valence-corrected chi connectivity index (χ4v) is 2.37. The highest BCUT2D eigenvalue weighted by atomic mass is 16.5. The van der Waals surface area contributed by atoms with Gasteiger partial charge in [-0.1, -0.05) is 0 Å². The highest BCUT2D eigenvalue weighted by Gasteiger charge is 2.51. The fraction of sp³-hybridized carbons (Fsp3) is 0.923. The van der Waals surface area contributed by atoms with E-state index in [-0.39, 0.29) is 5.97 Å². The number of likely N-dealkylation sites (N-methyl/N-ethyl adjacent to an activating group) is 2. The molecule has 0 saturated heterocycles. The topological polar surface area (TPSA) is 50.8 Å². The van der Waals surface area contributed by atoms with E-state index in [1.807, 2.05) is 21.0 Å². The summed E-state index contributed by atoms with van der Waals surface area (Å²) in [6, 6.07) is 0. The van der Waals surface area contributed by atoms with Gasteiger partial charge in [0, 0.05) is 19.7 Å². The summed E-state index contributed by atoms with van der Waals surface area (Å²) in [5, 5.41) is 3.19. The third-order valence-corrected chi connectivity index (χ3v) is 3.61. The van der Waals surface area contributed by atoms with E-state index < -0.39 is 5.54 Å². The molecule has 0 heterocycles. The van der Waals surface area contributed by atoms with Crippen molar-refractivity contribution in [3.8, 4) is 0 Å². The van der Waals surface area contributed by atoms with Gasteiger partial charge in [-0.3, -0.25) is 0 Å². The Hall–Kier alpha value is -0.650. The van der Waals surface area contributed by atoms with Crippen LogP contribution in [0, 0.1) is 5.92 Å². The van der Waals surface area contributed by atoms with E-state index in [0.29, 0.717) is 19.1 Å². The van der Waals surface area contributed by atoms with Crippen LogP contribution in [0.15, 0.2) is 0 Å². The minimum atomic E-state index is -0.560. The maximum absolute atomic E-state index is 12.1. The molecule has 5 heteroatoms. The van der Waals surface area contributed by atoms with Gasteiger partial charge in [-0.05, 0) is 39.8 Å². The van der Waals surface area contributed by atoms with E-state index >= 15 is 0 Å². The second-order valence-electron chi connectivity index (χ2n) is 4.92. The minimum absolute atomic E-state index is 0.157. The first kappa shape index (κ1) is 15.4. The Bertz CT molecular complexity index is 269. The molecular weight excluding hydrogens is 232 g/mol. The molecule has 1 rings (SSSR count). The minimum Gasteiger partial charge on any atom is -0.468 e. The number of carbonyl (C=O) groups excluding carboxylic acids is 1. The maximum atomic E-state index is 12.1. The molecule has 1 fully saturated rings. The van der Waals surface area contributed by atoms with Crippen molar-refractivity contribution >= 4 is 5.97 Å². The number of esters is 1. The van der Waals surface area contributed by atoms with Crippen molar-refractivity contribution in [1.29, 1.82) is 0 Å². The second-order valence-corrected chi connectivity index (χ2v) is 4.92. The molecule has 0 spiro atoms. The van der Waals surface area contributed by atoms with Gasteiger partial charge in [0.2, 0.25) is 0 Å². The second kappa shape index (κ2) is 7.07. The van der Waals surface area contributed by atoms with Gasteiger partial charge in [0.15, 0.2) is 0 Å².